The summed E-state index contributed by atoms with van der Waals surface area (Å²) in [5.74, 6) is -0.0174. The quantitative estimate of drug-likeness (QED) is 0.875. The van der Waals surface area contributed by atoms with Crippen molar-refractivity contribution in [1.82, 2.24) is 5.32 Å². The normalized spacial score (nSPS) is 13.4. The van der Waals surface area contributed by atoms with Crippen LogP contribution in [0.2, 0.25) is 10.0 Å². The Morgan fingerprint density at radius 3 is 2.40 bits per heavy atom. The molecule has 1 aromatic carbocycles. The van der Waals surface area contributed by atoms with Crippen molar-refractivity contribution in [3.63, 3.8) is 0 Å². The second-order valence-electron chi connectivity index (χ2n) is 6.00. The number of amides is 1. The molecule has 0 bridgehead atoms. The van der Waals surface area contributed by atoms with Crippen LogP contribution in [0.4, 0.5) is 0 Å². The van der Waals surface area contributed by atoms with Crippen molar-refractivity contribution >= 4 is 29.1 Å². The Kier molecular flexibility index (Phi) is 5.87. The van der Waals surface area contributed by atoms with Gasteiger partial charge in [0.05, 0.1) is 16.1 Å². The van der Waals surface area contributed by atoms with Crippen LogP contribution >= 0.6 is 23.2 Å². The maximum absolute atomic E-state index is 11.9. The number of halogens is 2. The number of benzene rings is 1. The van der Waals surface area contributed by atoms with E-state index >= 15 is 0 Å². The first-order valence-corrected chi connectivity index (χ1v) is 7.39. The largest absolute Gasteiger partial charge is 0.354 e. The molecule has 0 aromatic heterocycles. The van der Waals surface area contributed by atoms with Crippen molar-refractivity contribution in [3.05, 3.63) is 33.8 Å². The van der Waals surface area contributed by atoms with Crippen LogP contribution in [0, 0.1) is 5.92 Å². The molecule has 1 atom stereocenters. The van der Waals surface area contributed by atoms with Gasteiger partial charge in [-0.3, -0.25) is 4.79 Å². The molecule has 0 fully saturated rings. The average molecular weight is 317 g/mol. The Balaban J connectivity index is 2.74. The highest BCUT2D eigenvalue weighted by atomic mass is 35.5. The van der Waals surface area contributed by atoms with Crippen molar-refractivity contribution in [2.24, 2.45) is 11.7 Å². The minimum absolute atomic E-state index is 0.114. The lowest BCUT2D eigenvalue weighted by molar-refractivity contribution is -0.123. The van der Waals surface area contributed by atoms with Crippen molar-refractivity contribution in [3.8, 4) is 0 Å². The van der Waals surface area contributed by atoms with Gasteiger partial charge in [0.2, 0.25) is 5.91 Å². The van der Waals surface area contributed by atoms with Crippen LogP contribution in [0.25, 0.3) is 0 Å². The van der Waals surface area contributed by atoms with E-state index in [1.165, 1.54) is 0 Å². The molecule has 1 amide bonds. The Hall–Kier alpha value is -0.770. The van der Waals surface area contributed by atoms with Crippen LogP contribution in [0.15, 0.2) is 18.2 Å². The number of carbonyl (C=O) groups excluding carboxylic acids is 1. The van der Waals surface area contributed by atoms with E-state index in [9.17, 15) is 4.79 Å². The maximum atomic E-state index is 11.9. The van der Waals surface area contributed by atoms with Crippen LogP contribution in [0.1, 0.15) is 33.3 Å². The van der Waals surface area contributed by atoms with Crippen molar-refractivity contribution < 1.29 is 4.79 Å². The van der Waals surface area contributed by atoms with Crippen molar-refractivity contribution in [2.45, 2.75) is 39.2 Å². The molecular formula is C15H22Cl2N2O. The summed E-state index contributed by atoms with van der Waals surface area (Å²) in [7, 11) is 0. The summed E-state index contributed by atoms with van der Waals surface area (Å²) in [4.78, 5) is 11.9. The fourth-order valence-corrected chi connectivity index (χ4v) is 2.05. The molecule has 0 radical (unpaired) electrons. The third-order valence-electron chi connectivity index (χ3n) is 3.43. The zero-order valence-corrected chi connectivity index (χ0v) is 13.8. The smallest absolute Gasteiger partial charge is 0.237 e. The highest BCUT2D eigenvalue weighted by Gasteiger charge is 2.24. The number of carbonyl (C=O) groups is 1. The molecule has 0 unspecified atom stereocenters. The van der Waals surface area contributed by atoms with Gasteiger partial charge in [0, 0.05) is 12.0 Å². The summed E-state index contributed by atoms with van der Waals surface area (Å²) in [6.07, 6.45) is 0. The van der Waals surface area contributed by atoms with Gasteiger partial charge < -0.3 is 11.1 Å². The van der Waals surface area contributed by atoms with Crippen molar-refractivity contribution in [2.75, 3.05) is 6.54 Å². The van der Waals surface area contributed by atoms with Gasteiger partial charge >= 0.3 is 0 Å². The van der Waals surface area contributed by atoms with E-state index in [0.717, 1.165) is 5.56 Å². The number of rotatable bonds is 5. The summed E-state index contributed by atoms with van der Waals surface area (Å²) in [6, 6.07) is 5.03. The number of nitrogens with one attached hydrogen (secondary N) is 1. The van der Waals surface area contributed by atoms with E-state index in [2.05, 4.69) is 5.32 Å². The third kappa shape index (κ3) is 4.37. The van der Waals surface area contributed by atoms with Gasteiger partial charge in [0.15, 0.2) is 0 Å². The minimum atomic E-state index is -0.486. The summed E-state index contributed by atoms with van der Waals surface area (Å²) in [5.41, 5.74) is 6.59. The van der Waals surface area contributed by atoms with Crippen LogP contribution in [0.5, 0.6) is 0 Å². The lowest BCUT2D eigenvalue weighted by Gasteiger charge is -2.27. The predicted octanol–water partition coefficient (Wildman–Crippen LogP) is 3.37. The van der Waals surface area contributed by atoms with Crippen LogP contribution in [0.3, 0.4) is 0 Å². The van der Waals surface area contributed by atoms with Gasteiger partial charge in [0.25, 0.3) is 0 Å². The van der Waals surface area contributed by atoms with Gasteiger partial charge in [-0.2, -0.15) is 0 Å². The summed E-state index contributed by atoms with van der Waals surface area (Å²) in [6.45, 7) is 8.41. The molecule has 0 saturated carbocycles. The topological polar surface area (TPSA) is 55.1 Å². The fraction of sp³-hybridized carbons (Fsp3) is 0.533. The number of nitrogens with two attached hydrogens (primary N) is 1. The fourth-order valence-electron chi connectivity index (χ4n) is 1.75. The Labute approximate surface area is 130 Å². The van der Waals surface area contributed by atoms with E-state index in [0.29, 0.717) is 16.6 Å². The van der Waals surface area contributed by atoms with Crippen LogP contribution < -0.4 is 11.1 Å². The molecule has 0 aliphatic rings. The van der Waals surface area contributed by atoms with E-state index in [1.807, 2.05) is 39.8 Å². The number of hydrogen-bond acceptors (Lipinski definition) is 2. The molecular weight excluding hydrogens is 295 g/mol. The Morgan fingerprint density at radius 2 is 1.90 bits per heavy atom. The summed E-state index contributed by atoms with van der Waals surface area (Å²) < 4.78 is 0. The average Bonchev–Trinajstić information content (AvgIpc) is 2.38. The highest BCUT2D eigenvalue weighted by Crippen LogP contribution is 2.29. The molecule has 112 valence electrons. The van der Waals surface area contributed by atoms with E-state index in [-0.39, 0.29) is 17.2 Å². The van der Waals surface area contributed by atoms with Gasteiger partial charge in [0.1, 0.15) is 0 Å². The Bertz CT molecular complexity index is 487. The molecule has 3 N–H and O–H groups in total. The van der Waals surface area contributed by atoms with Gasteiger partial charge in [-0.1, -0.05) is 57.0 Å². The highest BCUT2D eigenvalue weighted by molar-refractivity contribution is 6.42. The first-order valence-electron chi connectivity index (χ1n) is 6.64. The second kappa shape index (κ2) is 6.79. The minimum Gasteiger partial charge on any atom is -0.354 e. The lowest BCUT2D eigenvalue weighted by Crippen LogP contribution is -2.47. The third-order valence-corrected chi connectivity index (χ3v) is 4.17. The molecule has 5 heteroatoms. The first-order chi connectivity index (χ1) is 9.15. The molecule has 0 aliphatic heterocycles. The summed E-state index contributed by atoms with van der Waals surface area (Å²) in [5, 5.41) is 3.94. The first kappa shape index (κ1) is 17.3. The SMILES string of the molecule is CC(C)[C@H](N)C(=O)NCC(C)(C)c1ccc(Cl)c(Cl)c1. The molecule has 1 rings (SSSR count). The van der Waals surface area contributed by atoms with Crippen LogP contribution in [-0.2, 0) is 10.2 Å². The molecule has 0 saturated heterocycles. The number of hydrogen-bond donors (Lipinski definition) is 2. The monoisotopic (exact) mass is 316 g/mol. The molecule has 1 aromatic rings. The zero-order chi connectivity index (χ0) is 15.5. The van der Waals surface area contributed by atoms with Crippen LogP contribution in [-0.4, -0.2) is 18.5 Å². The predicted molar refractivity (Wildman–Crippen MR) is 85.3 cm³/mol. The van der Waals surface area contributed by atoms with Gasteiger partial charge in [-0.05, 0) is 23.6 Å². The van der Waals surface area contributed by atoms with Crippen molar-refractivity contribution in [1.29, 1.82) is 0 Å². The molecule has 0 heterocycles. The maximum Gasteiger partial charge on any atom is 0.237 e. The van der Waals surface area contributed by atoms with E-state index in [4.69, 9.17) is 28.9 Å². The standard InChI is InChI=1S/C15H22Cl2N2O/c1-9(2)13(18)14(20)19-8-15(3,4)10-5-6-11(16)12(17)7-10/h5-7,9,13H,8,18H2,1-4H3,(H,19,20)/t13-/m0/s1. The summed E-state index contributed by atoms with van der Waals surface area (Å²) >= 11 is 12.0. The van der Waals surface area contributed by atoms with Gasteiger partial charge in [-0.15, -0.1) is 0 Å². The molecule has 3 nitrogen and oxygen atoms in total. The zero-order valence-electron chi connectivity index (χ0n) is 12.3. The molecule has 0 spiro atoms. The second-order valence-corrected chi connectivity index (χ2v) is 6.81. The Morgan fingerprint density at radius 1 is 1.30 bits per heavy atom. The lowest BCUT2D eigenvalue weighted by atomic mass is 9.84. The van der Waals surface area contributed by atoms with Gasteiger partial charge in [-0.25, -0.2) is 0 Å². The van der Waals surface area contributed by atoms with E-state index in [1.54, 1.807) is 6.07 Å². The molecule has 20 heavy (non-hydrogen) atoms. The molecule has 0 aliphatic carbocycles. The van der Waals surface area contributed by atoms with E-state index < -0.39 is 6.04 Å².